The molecule has 0 saturated heterocycles. The van der Waals surface area contributed by atoms with Gasteiger partial charge in [-0.05, 0) is 56.5 Å². The molecule has 3 rings (SSSR count). The van der Waals surface area contributed by atoms with Gasteiger partial charge in [-0.15, -0.1) is 0 Å². The number of hydrogen-bond donors (Lipinski definition) is 2. The SMILES string of the molecule is COC1=CC(c2ccc[nH]2)=N/C1=C\c1[nH]c(C)c(CCC(C)=O)c1C. The molecule has 1 aliphatic heterocycles. The van der Waals surface area contributed by atoms with Gasteiger partial charge in [-0.25, -0.2) is 4.99 Å². The predicted octanol–water partition coefficient (Wildman–Crippen LogP) is 3.86. The van der Waals surface area contributed by atoms with Crippen molar-refractivity contribution in [3.05, 3.63) is 64.1 Å². The van der Waals surface area contributed by atoms with Crippen molar-refractivity contribution >= 4 is 17.6 Å². The van der Waals surface area contributed by atoms with Crippen molar-refractivity contribution in [1.82, 2.24) is 9.97 Å². The van der Waals surface area contributed by atoms with Gasteiger partial charge in [0.15, 0.2) is 0 Å². The number of Topliss-reactive ketones (excluding diaryl/α,β-unsaturated/α-hetero) is 1. The fourth-order valence-corrected chi connectivity index (χ4v) is 3.08. The van der Waals surface area contributed by atoms with Gasteiger partial charge in [0.05, 0.1) is 18.5 Å². The van der Waals surface area contributed by atoms with Gasteiger partial charge in [-0.2, -0.15) is 0 Å². The Hall–Kier alpha value is -2.82. The molecule has 25 heavy (non-hydrogen) atoms. The zero-order valence-corrected chi connectivity index (χ0v) is 15.1. The number of aliphatic imine (C=N–C) groups is 1. The molecule has 0 amide bonds. The van der Waals surface area contributed by atoms with E-state index in [1.807, 2.05) is 37.4 Å². The van der Waals surface area contributed by atoms with Crippen LogP contribution in [-0.2, 0) is 16.0 Å². The van der Waals surface area contributed by atoms with Gasteiger partial charge in [0.25, 0.3) is 0 Å². The number of rotatable bonds is 6. The number of methoxy groups -OCH3 is 1. The van der Waals surface area contributed by atoms with Gasteiger partial charge in [0.1, 0.15) is 17.2 Å². The highest BCUT2D eigenvalue weighted by Gasteiger charge is 2.18. The summed E-state index contributed by atoms with van der Waals surface area (Å²) in [6.07, 6.45) is 7.13. The Morgan fingerprint density at radius 1 is 1.36 bits per heavy atom. The summed E-state index contributed by atoms with van der Waals surface area (Å²) in [6, 6.07) is 3.93. The number of allylic oxidation sites excluding steroid dienone is 1. The molecule has 0 saturated carbocycles. The highest BCUT2D eigenvalue weighted by atomic mass is 16.5. The topological polar surface area (TPSA) is 70.2 Å². The number of carbonyl (C=O) groups is 1. The highest BCUT2D eigenvalue weighted by Crippen LogP contribution is 2.27. The number of nitrogens with one attached hydrogen (secondary N) is 2. The molecule has 0 radical (unpaired) electrons. The number of H-pyrrole nitrogens is 2. The van der Waals surface area contributed by atoms with Crippen LogP contribution in [0, 0.1) is 13.8 Å². The first-order valence-electron chi connectivity index (χ1n) is 8.37. The Balaban J connectivity index is 1.94. The van der Waals surface area contributed by atoms with Crippen LogP contribution in [0.3, 0.4) is 0 Å². The Morgan fingerprint density at radius 3 is 2.80 bits per heavy atom. The van der Waals surface area contributed by atoms with Crippen LogP contribution in [0.5, 0.6) is 0 Å². The molecule has 5 heteroatoms. The van der Waals surface area contributed by atoms with E-state index < -0.39 is 0 Å². The second-order valence-electron chi connectivity index (χ2n) is 6.29. The normalized spacial score (nSPS) is 15.4. The number of carbonyl (C=O) groups excluding carboxylic acids is 1. The summed E-state index contributed by atoms with van der Waals surface area (Å²) in [4.78, 5) is 22.5. The number of nitrogens with zero attached hydrogens (tertiary/aromatic N) is 1. The second-order valence-corrected chi connectivity index (χ2v) is 6.29. The van der Waals surface area contributed by atoms with Crippen LogP contribution in [0.25, 0.3) is 6.08 Å². The maximum absolute atomic E-state index is 11.3. The predicted molar refractivity (Wildman–Crippen MR) is 99.7 cm³/mol. The molecule has 0 spiro atoms. The largest absolute Gasteiger partial charge is 0.494 e. The average molecular weight is 337 g/mol. The van der Waals surface area contributed by atoms with Gasteiger partial charge in [-0.3, -0.25) is 0 Å². The molecule has 0 aromatic carbocycles. The third-order valence-electron chi connectivity index (χ3n) is 4.49. The number of ether oxygens (including phenoxy) is 1. The van der Waals surface area contributed by atoms with Crippen molar-refractivity contribution < 1.29 is 9.53 Å². The third-order valence-corrected chi connectivity index (χ3v) is 4.49. The molecule has 0 fully saturated rings. The molecule has 0 bridgehead atoms. The summed E-state index contributed by atoms with van der Waals surface area (Å²) in [6.45, 7) is 5.75. The van der Waals surface area contributed by atoms with Crippen molar-refractivity contribution in [2.45, 2.75) is 33.6 Å². The van der Waals surface area contributed by atoms with Crippen molar-refractivity contribution in [2.24, 2.45) is 4.99 Å². The molecule has 3 heterocycles. The van der Waals surface area contributed by atoms with E-state index in [9.17, 15) is 4.79 Å². The summed E-state index contributed by atoms with van der Waals surface area (Å²) >= 11 is 0. The highest BCUT2D eigenvalue weighted by molar-refractivity contribution is 6.11. The van der Waals surface area contributed by atoms with E-state index in [0.29, 0.717) is 6.42 Å². The minimum Gasteiger partial charge on any atom is -0.494 e. The number of aromatic nitrogens is 2. The van der Waals surface area contributed by atoms with Gasteiger partial charge in [0, 0.05) is 30.1 Å². The lowest BCUT2D eigenvalue weighted by molar-refractivity contribution is -0.116. The summed E-state index contributed by atoms with van der Waals surface area (Å²) in [5.74, 6) is 0.946. The van der Waals surface area contributed by atoms with Crippen LogP contribution >= 0.6 is 0 Å². The van der Waals surface area contributed by atoms with E-state index in [0.717, 1.165) is 46.2 Å². The van der Waals surface area contributed by atoms with Gasteiger partial charge in [-0.1, -0.05) is 0 Å². The van der Waals surface area contributed by atoms with Gasteiger partial charge in [0.2, 0.25) is 0 Å². The van der Waals surface area contributed by atoms with E-state index in [2.05, 4.69) is 21.9 Å². The minimum absolute atomic E-state index is 0.209. The fraction of sp³-hybridized carbons (Fsp3) is 0.300. The Bertz CT molecular complexity index is 880. The van der Waals surface area contributed by atoms with Crippen LogP contribution in [-0.4, -0.2) is 28.6 Å². The van der Waals surface area contributed by atoms with Crippen LogP contribution in [0.2, 0.25) is 0 Å². The Kier molecular flexibility index (Phi) is 4.74. The zero-order chi connectivity index (χ0) is 18.0. The zero-order valence-electron chi connectivity index (χ0n) is 15.1. The number of ketones is 1. The van der Waals surface area contributed by atoms with Crippen LogP contribution in [0.15, 0.2) is 40.9 Å². The minimum atomic E-state index is 0.209. The van der Waals surface area contributed by atoms with E-state index in [4.69, 9.17) is 4.74 Å². The molecule has 5 nitrogen and oxygen atoms in total. The molecule has 2 aromatic rings. The summed E-state index contributed by atoms with van der Waals surface area (Å²) in [5.41, 5.74) is 7.06. The number of aryl methyl sites for hydroxylation is 1. The number of aromatic amines is 2. The third kappa shape index (κ3) is 3.50. The van der Waals surface area contributed by atoms with E-state index in [1.165, 1.54) is 5.56 Å². The lowest BCUT2D eigenvalue weighted by Crippen LogP contribution is -1.96. The molecule has 2 aromatic heterocycles. The summed E-state index contributed by atoms with van der Waals surface area (Å²) in [7, 11) is 1.65. The average Bonchev–Trinajstić information content (AvgIpc) is 3.27. The fourth-order valence-electron chi connectivity index (χ4n) is 3.08. The maximum atomic E-state index is 11.3. The van der Waals surface area contributed by atoms with Gasteiger partial charge >= 0.3 is 0 Å². The van der Waals surface area contributed by atoms with Crippen molar-refractivity contribution in [3.8, 4) is 0 Å². The molecule has 1 aliphatic rings. The van der Waals surface area contributed by atoms with E-state index in [1.54, 1.807) is 14.0 Å². The Labute approximate surface area is 147 Å². The molecule has 0 unspecified atom stereocenters. The first-order chi connectivity index (χ1) is 12.0. The van der Waals surface area contributed by atoms with Crippen LogP contribution < -0.4 is 0 Å². The van der Waals surface area contributed by atoms with Crippen molar-refractivity contribution in [1.29, 1.82) is 0 Å². The number of hydrogen-bond acceptors (Lipinski definition) is 3. The summed E-state index contributed by atoms with van der Waals surface area (Å²) < 4.78 is 5.49. The van der Waals surface area contributed by atoms with E-state index >= 15 is 0 Å². The van der Waals surface area contributed by atoms with Crippen molar-refractivity contribution in [2.75, 3.05) is 7.11 Å². The molecular weight excluding hydrogens is 314 g/mol. The first kappa shape index (κ1) is 17.0. The lowest BCUT2D eigenvalue weighted by atomic mass is 10.0. The van der Waals surface area contributed by atoms with Crippen LogP contribution in [0.4, 0.5) is 0 Å². The van der Waals surface area contributed by atoms with Crippen molar-refractivity contribution in [3.63, 3.8) is 0 Å². The van der Waals surface area contributed by atoms with Gasteiger partial charge < -0.3 is 19.5 Å². The summed E-state index contributed by atoms with van der Waals surface area (Å²) in [5, 5.41) is 0. The first-order valence-corrected chi connectivity index (χ1v) is 8.37. The molecule has 2 N–H and O–H groups in total. The Morgan fingerprint density at radius 2 is 2.16 bits per heavy atom. The lowest BCUT2D eigenvalue weighted by Gasteiger charge is -2.02. The molecular formula is C20H23N3O2. The molecule has 0 aliphatic carbocycles. The monoisotopic (exact) mass is 337 g/mol. The molecule has 0 atom stereocenters. The second kappa shape index (κ2) is 6.97. The standard InChI is InChI=1S/C20H23N3O2/c1-12(24)7-8-15-13(2)17(22-14(15)3)10-19-20(25-4)11-18(23-19)16-6-5-9-21-16/h5-6,9-11,21-22H,7-8H2,1-4H3/b19-10-. The quantitative estimate of drug-likeness (QED) is 0.840. The van der Waals surface area contributed by atoms with Crippen LogP contribution in [0.1, 0.15) is 41.6 Å². The molecule has 130 valence electrons. The smallest absolute Gasteiger partial charge is 0.146 e. The van der Waals surface area contributed by atoms with E-state index in [-0.39, 0.29) is 5.78 Å². The maximum Gasteiger partial charge on any atom is 0.146 e.